The third-order valence-electron chi connectivity index (χ3n) is 3.17. The second-order valence-corrected chi connectivity index (χ2v) is 4.84. The number of amides is 4. The van der Waals surface area contributed by atoms with E-state index >= 15 is 0 Å². The molecule has 27 heavy (non-hydrogen) atoms. The third-order valence-corrected chi connectivity index (χ3v) is 3.17. The van der Waals surface area contributed by atoms with Crippen LogP contribution in [0.5, 0.6) is 11.8 Å². The van der Waals surface area contributed by atoms with Crippen molar-refractivity contribution in [1.82, 2.24) is 29.7 Å². The van der Waals surface area contributed by atoms with Gasteiger partial charge in [0, 0.05) is 0 Å². The van der Waals surface area contributed by atoms with Gasteiger partial charge < -0.3 is 31.1 Å². The van der Waals surface area contributed by atoms with Crippen molar-refractivity contribution in [3.8, 4) is 11.8 Å². The fourth-order valence-electron chi connectivity index (χ4n) is 1.88. The Bertz CT molecular complexity index is 876. The fourth-order valence-corrected chi connectivity index (χ4v) is 1.88. The lowest BCUT2D eigenvalue weighted by Gasteiger charge is -2.09. The maximum absolute atomic E-state index is 11.6. The summed E-state index contributed by atoms with van der Waals surface area (Å²) in [5.41, 5.74) is -1.71. The SMILES string of the molecule is O=C(NCNC(=O)Nc1[nH]c(=O)n(CO)c1O)Nc1[nH]c(=O)n(CO)c1O. The average Bonchev–Trinajstić information content (AvgIpc) is 3.02. The highest BCUT2D eigenvalue weighted by molar-refractivity contribution is 5.91. The Balaban J connectivity index is 1.84. The van der Waals surface area contributed by atoms with Crippen molar-refractivity contribution in [1.29, 1.82) is 0 Å². The van der Waals surface area contributed by atoms with Crippen LogP contribution in [0.15, 0.2) is 9.59 Å². The minimum Gasteiger partial charge on any atom is -0.492 e. The Kier molecular flexibility index (Phi) is 5.73. The molecule has 10 N–H and O–H groups in total. The lowest BCUT2D eigenvalue weighted by molar-refractivity contribution is 0.192. The van der Waals surface area contributed by atoms with E-state index in [1.54, 1.807) is 0 Å². The molecule has 0 saturated heterocycles. The van der Waals surface area contributed by atoms with Gasteiger partial charge in [0.2, 0.25) is 11.8 Å². The number of aromatic amines is 2. The van der Waals surface area contributed by atoms with Crippen molar-refractivity contribution >= 4 is 23.7 Å². The van der Waals surface area contributed by atoms with Gasteiger partial charge in [0.1, 0.15) is 13.5 Å². The van der Waals surface area contributed by atoms with Crippen LogP contribution in [0.3, 0.4) is 0 Å². The van der Waals surface area contributed by atoms with Crippen molar-refractivity contribution in [2.45, 2.75) is 13.5 Å². The number of nitrogens with one attached hydrogen (secondary N) is 6. The van der Waals surface area contributed by atoms with Crippen LogP contribution >= 0.6 is 0 Å². The number of aliphatic hydroxyl groups excluding tert-OH is 2. The highest BCUT2D eigenvalue weighted by Gasteiger charge is 2.16. The lowest BCUT2D eigenvalue weighted by Crippen LogP contribution is -2.41. The molecule has 0 fully saturated rings. The molecule has 2 heterocycles. The fraction of sp³-hybridized carbons (Fsp3) is 0.273. The van der Waals surface area contributed by atoms with E-state index in [2.05, 4.69) is 31.2 Å². The van der Waals surface area contributed by atoms with Crippen molar-refractivity contribution in [2.75, 3.05) is 17.3 Å². The van der Waals surface area contributed by atoms with Gasteiger partial charge in [-0.25, -0.2) is 28.3 Å². The monoisotopic (exact) mass is 388 g/mol. The number of aliphatic hydroxyl groups is 2. The molecule has 0 aliphatic heterocycles. The molecule has 0 aromatic carbocycles. The second-order valence-electron chi connectivity index (χ2n) is 4.84. The molecule has 2 aromatic rings. The molecule has 0 aliphatic carbocycles. The molecule has 0 atom stereocenters. The molecule has 148 valence electrons. The minimum atomic E-state index is -0.917. The first kappa shape index (κ1) is 19.4. The van der Waals surface area contributed by atoms with Crippen molar-refractivity contribution in [2.24, 2.45) is 0 Å². The van der Waals surface area contributed by atoms with Gasteiger partial charge in [-0.1, -0.05) is 0 Å². The van der Waals surface area contributed by atoms with Crippen molar-refractivity contribution in [3.05, 3.63) is 21.0 Å². The number of aromatic hydroxyl groups is 2. The van der Waals surface area contributed by atoms with Crippen LogP contribution in [0.2, 0.25) is 0 Å². The van der Waals surface area contributed by atoms with Crippen LogP contribution in [0.1, 0.15) is 0 Å². The first-order chi connectivity index (χ1) is 12.8. The van der Waals surface area contributed by atoms with Crippen LogP contribution in [0.4, 0.5) is 21.2 Å². The Morgan fingerprint density at radius 1 is 0.815 bits per heavy atom. The highest BCUT2D eigenvalue weighted by atomic mass is 16.3. The number of hydrogen-bond donors (Lipinski definition) is 10. The third kappa shape index (κ3) is 4.19. The molecule has 2 aromatic heterocycles. The molecule has 16 nitrogen and oxygen atoms in total. The van der Waals surface area contributed by atoms with Crippen LogP contribution < -0.4 is 32.6 Å². The number of carbonyl (C=O) groups is 2. The van der Waals surface area contributed by atoms with Gasteiger partial charge in [-0.15, -0.1) is 0 Å². The lowest BCUT2D eigenvalue weighted by atomic mass is 10.6. The van der Waals surface area contributed by atoms with Gasteiger partial charge in [0.05, 0.1) is 6.67 Å². The van der Waals surface area contributed by atoms with Crippen LogP contribution in [0.25, 0.3) is 0 Å². The number of carbonyl (C=O) groups excluding carboxylic acids is 2. The predicted octanol–water partition coefficient (Wildman–Crippen LogP) is -3.12. The summed E-state index contributed by atoms with van der Waals surface area (Å²) in [6, 6.07) is -1.83. The molecule has 0 saturated carbocycles. The topological polar surface area (TPSA) is 239 Å². The van der Waals surface area contributed by atoms with Crippen molar-refractivity contribution < 1.29 is 30.0 Å². The molecule has 2 rings (SSSR count). The first-order valence-corrected chi connectivity index (χ1v) is 7.13. The van der Waals surface area contributed by atoms with E-state index in [9.17, 15) is 29.4 Å². The van der Waals surface area contributed by atoms with Crippen LogP contribution in [0, 0.1) is 0 Å². The normalized spacial score (nSPS) is 10.4. The zero-order chi connectivity index (χ0) is 20.1. The summed E-state index contributed by atoms with van der Waals surface area (Å²) in [7, 11) is 0. The van der Waals surface area contributed by atoms with E-state index in [0.29, 0.717) is 9.13 Å². The number of hydrogen-bond acceptors (Lipinski definition) is 8. The number of aromatic nitrogens is 4. The summed E-state index contributed by atoms with van der Waals surface area (Å²) in [6.45, 7) is -2.03. The number of anilines is 2. The summed E-state index contributed by atoms with van der Waals surface area (Å²) in [5.74, 6) is -2.14. The molecule has 0 bridgehead atoms. The standard InChI is InChI=1S/C11H16N8O8/c20-2-18-6(22)4(16-10(18)26)14-8(24)12-1-13-9(25)15-5-7(23)19(3-21)11(27)17-5/h20-23H,1-3H2,(H,16,26)(H,17,27)(H2,12,14,24)(H2,13,15,25). The quantitative estimate of drug-likeness (QED) is 0.226. The van der Waals surface area contributed by atoms with Gasteiger partial charge in [-0.3, -0.25) is 20.6 Å². The van der Waals surface area contributed by atoms with Crippen LogP contribution in [-0.4, -0.2) is 58.3 Å². The minimum absolute atomic E-state index is 0.371. The first-order valence-electron chi connectivity index (χ1n) is 7.13. The van der Waals surface area contributed by atoms with E-state index in [-0.39, 0.29) is 11.6 Å². The molecule has 0 aliphatic rings. The summed E-state index contributed by atoms with van der Waals surface area (Å²) >= 11 is 0. The van der Waals surface area contributed by atoms with Gasteiger partial charge in [-0.2, -0.15) is 0 Å². The summed E-state index contributed by atoms with van der Waals surface area (Å²) in [6.07, 6.45) is 0. The van der Waals surface area contributed by atoms with E-state index < -0.39 is 55.3 Å². The highest BCUT2D eigenvalue weighted by Crippen LogP contribution is 2.18. The molecular weight excluding hydrogens is 372 g/mol. The van der Waals surface area contributed by atoms with Gasteiger partial charge in [0.25, 0.3) is 0 Å². The number of H-pyrrole nitrogens is 2. The number of rotatable bonds is 6. The summed E-state index contributed by atoms with van der Waals surface area (Å²) in [4.78, 5) is 50.1. The number of nitrogens with zero attached hydrogens (tertiary/aromatic N) is 2. The van der Waals surface area contributed by atoms with E-state index in [0.717, 1.165) is 0 Å². The Labute approximate surface area is 148 Å². The molecule has 16 heteroatoms. The van der Waals surface area contributed by atoms with E-state index in [4.69, 9.17) is 10.2 Å². The van der Waals surface area contributed by atoms with E-state index in [1.807, 2.05) is 0 Å². The van der Waals surface area contributed by atoms with Gasteiger partial charge in [0.15, 0.2) is 11.6 Å². The van der Waals surface area contributed by atoms with Crippen molar-refractivity contribution in [3.63, 3.8) is 0 Å². The zero-order valence-corrected chi connectivity index (χ0v) is 13.4. The number of urea groups is 2. The zero-order valence-electron chi connectivity index (χ0n) is 13.4. The second kappa shape index (κ2) is 7.97. The average molecular weight is 388 g/mol. The molecule has 0 unspecified atom stereocenters. The van der Waals surface area contributed by atoms with E-state index in [1.165, 1.54) is 0 Å². The number of imidazole rings is 2. The van der Waals surface area contributed by atoms with Gasteiger partial charge >= 0.3 is 23.4 Å². The molecule has 0 spiro atoms. The summed E-state index contributed by atoms with van der Waals surface area (Å²) in [5, 5.41) is 45.4. The predicted molar refractivity (Wildman–Crippen MR) is 87.0 cm³/mol. The Morgan fingerprint density at radius 3 is 1.48 bits per heavy atom. The molecular formula is C11H16N8O8. The summed E-state index contributed by atoms with van der Waals surface area (Å²) < 4.78 is 1.10. The Morgan fingerprint density at radius 2 is 1.19 bits per heavy atom. The molecule has 0 radical (unpaired) electrons. The van der Waals surface area contributed by atoms with Crippen LogP contribution in [-0.2, 0) is 13.5 Å². The Hall–Kier alpha value is -3.92. The smallest absolute Gasteiger partial charge is 0.331 e. The van der Waals surface area contributed by atoms with Gasteiger partial charge in [-0.05, 0) is 0 Å². The maximum atomic E-state index is 11.6. The maximum Gasteiger partial charge on any atom is 0.331 e. The molecule has 4 amide bonds. The largest absolute Gasteiger partial charge is 0.492 e.